The highest BCUT2D eigenvalue weighted by molar-refractivity contribution is 8.06. The van der Waals surface area contributed by atoms with Crippen molar-refractivity contribution in [1.29, 1.82) is 0 Å². The third-order valence-electron chi connectivity index (χ3n) is 3.14. The molecule has 0 aliphatic carbocycles. The topological polar surface area (TPSA) is 33.6 Å². The van der Waals surface area contributed by atoms with Crippen LogP contribution >= 0.6 is 35.7 Å². The fraction of sp³-hybridized carbons (Fsp3) is 0.500. The van der Waals surface area contributed by atoms with Crippen LogP contribution in [0.15, 0.2) is 12.3 Å². The predicted octanol–water partition coefficient (Wildman–Crippen LogP) is 3.25. The smallest absolute Gasteiger partial charge is 0.179 e. The molecule has 1 saturated heterocycles. The van der Waals surface area contributed by atoms with Crippen molar-refractivity contribution in [1.82, 2.24) is 14.5 Å². The highest BCUT2D eigenvalue weighted by Crippen LogP contribution is 2.26. The van der Waals surface area contributed by atoms with Crippen molar-refractivity contribution in [3.8, 4) is 0 Å². The molecule has 0 spiro atoms. The second kappa shape index (κ2) is 5.27. The Hall–Kier alpha value is -0.460. The number of fused-ring (bicyclic) bond motifs is 1. The maximum absolute atomic E-state index is 5.43. The van der Waals surface area contributed by atoms with Gasteiger partial charge < -0.3 is 9.55 Å². The van der Waals surface area contributed by atoms with Gasteiger partial charge in [-0.2, -0.15) is 23.5 Å². The number of thioether (sulfide) groups is 2. The first-order chi connectivity index (χ1) is 8.75. The molecule has 6 heteroatoms. The molecule has 1 atom stereocenters. The van der Waals surface area contributed by atoms with Crippen LogP contribution in [0.1, 0.15) is 5.56 Å². The molecular formula is C12H15N3S3. The molecule has 2 aromatic heterocycles. The van der Waals surface area contributed by atoms with Crippen molar-refractivity contribution in [2.24, 2.45) is 0 Å². The molecule has 0 saturated carbocycles. The quantitative estimate of drug-likeness (QED) is 0.863. The zero-order valence-corrected chi connectivity index (χ0v) is 12.6. The molecule has 1 aliphatic heterocycles. The van der Waals surface area contributed by atoms with Gasteiger partial charge >= 0.3 is 0 Å². The summed E-state index contributed by atoms with van der Waals surface area (Å²) in [6.45, 7) is 3.05. The molecular weight excluding hydrogens is 282 g/mol. The van der Waals surface area contributed by atoms with E-state index < -0.39 is 0 Å². The van der Waals surface area contributed by atoms with Gasteiger partial charge in [-0.1, -0.05) is 0 Å². The third kappa shape index (κ3) is 2.33. The molecule has 1 N–H and O–H groups in total. The highest BCUT2D eigenvalue weighted by atomic mass is 32.2. The van der Waals surface area contributed by atoms with E-state index in [1.807, 2.05) is 24.0 Å². The Balaban J connectivity index is 1.98. The fourth-order valence-corrected chi connectivity index (χ4v) is 5.10. The number of aromatic amines is 1. The molecule has 0 aromatic carbocycles. The van der Waals surface area contributed by atoms with Gasteiger partial charge in [0.25, 0.3) is 0 Å². The Kier molecular flexibility index (Phi) is 3.68. The molecule has 0 bridgehead atoms. The molecule has 18 heavy (non-hydrogen) atoms. The molecule has 1 unspecified atom stereocenters. The van der Waals surface area contributed by atoms with Gasteiger partial charge in [0.05, 0.1) is 5.52 Å². The van der Waals surface area contributed by atoms with Gasteiger partial charge in [0, 0.05) is 35.3 Å². The molecule has 96 valence electrons. The van der Waals surface area contributed by atoms with Crippen molar-refractivity contribution in [3.05, 3.63) is 22.6 Å². The van der Waals surface area contributed by atoms with Crippen LogP contribution in [-0.4, -0.2) is 37.0 Å². The van der Waals surface area contributed by atoms with Crippen molar-refractivity contribution in [2.75, 3.05) is 17.3 Å². The molecule has 3 heterocycles. The van der Waals surface area contributed by atoms with Crippen LogP contribution in [0.25, 0.3) is 11.2 Å². The minimum atomic E-state index is 0.650. The minimum Gasteiger partial charge on any atom is -0.329 e. The van der Waals surface area contributed by atoms with Crippen LogP contribution in [-0.2, 0) is 6.54 Å². The highest BCUT2D eigenvalue weighted by Gasteiger charge is 2.17. The lowest BCUT2D eigenvalue weighted by molar-refractivity contribution is 0.699. The molecule has 1 fully saturated rings. The monoisotopic (exact) mass is 297 g/mol. The van der Waals surface area contributed by atoms with Gasteiger partial charge in [0.15, 0.2) is 10.4 Å². The summed E-state index contributed by atoms with van der Waals surface area (Å²) in [5.41, 5.74) is 3.28. The molecule has 0 radical (unpaired) electrons. The molecule has 3 nitrogen and oxygen atoms in total. The van der Waals surface area contributed by atoms with Crippen LogP contribution in [0.2, 0.25) is 0 Å². The molecule has 3 rings (SSSR count). The molecule has 0 amide bonds. The Morgan fingerprint density at radius 3 is 3.22 bits per heavy atom. The van der Waals surface area contributed by atoms with Crippen molar-refractivity contribution in [2.45, 2.75) is 18.7 Å². The van der Waals surface area contributed by atoms with Gasteiger partial charge in [-0.05, 0) is 30.8 Å². The number of nitrogens with one attached hydrogen (secondary N) is 1. The summed E-state index contributed by atoms with van der Waals surface area (Å²) < 4.78 is 2.95. The second-order valence-electron chi connectivity index (χ2n) is 4.43. The minimum absolute atomic E-state index is 0.650. The van der Waals surface area contributed by atoms with E-state index in [4.69, 9.17) is 12.2 Å². The maximum atomic E-state index is 5.43. The maximum Gasteiger partial charge on any atom is 0.179 e. The first-order valence-corrected chi connectivity index (χ1v) is 8.60. The fourth-order valence-electron chi connectivity index (χ4n) is 2.19. The van der Waals surface area contributed by atoms with E-state index >= 15 is 0 Å². The van der Waals surface area contributed by atoms with Gasteiger partial charge in [0.2, 0.25) is 0 Å². The summed E-state index contributed by atoms with van der Waals surface area (Å²) in [6.07, 6.45) is 1.86. The van der Waals surface area contributed by atoms with Crippen LogP contribution in [0.3, 0.4) is 0 Å². The van der Waals surface area contributed by atoms with Crippen LogP contribution in [0.5, 0.6) is 0 Å². The number of aromatic nitrogens is 3. The number of imidazole rings is 1. The first-order valence-electron chi connectivity index (χ1n) is 5.99. The number of pyridine rings is 1. The number of hydrogen-bond donors (Lipinski definition) is 1. The number of hydrogen-bond acceptors (Lipinski definition) is 4. The molecule has 1 aliphatic rings. The van der Waals surface area contributed by atoms with E-state index in [1.165, 1.54) is 22.8 Å². The van der Waals surface area contributed by atoms with Crippen LogP contribution < -0.4 is 0 Å². The standard InChI is InChI=1S/C12H15N3S3/c1-8-2-3-13-11-10(8)14-12(16)15(11)6-9-7-17-4-5-18-9/h2-3,9H,4-7H2,1H3,(H,14,16). The van der Waals surface area contributed by atoms with E-state index in [-0.39, 0.29) is 0 Å². The van der Waals surface area contributed by atoms with Crippen molar-refractivity contribution in [3.63, 3.8) is 0 Å². The Morgan fingerprint density at radius 1 is 1.56 bits per heavy atom. The normalized spacial score (nSPS) is 20.4. The van der Waals surface area contributed by atoms with E-state index in [1.54, 1.807) is 0 Å². The summed E-state index contributed by atoms with van der Waals surface area (Å²) >= 11 is 9.53. The van der Waals surface area contributed by atoms with Gasteiger partial charge in [0.1, 0.15) is 0 Å². The summed E-state index contributed by atoms with van der Waals surface area (Å²) in [4.78, 5) is 7.76. The zero-order valence-electron chi connectivity index (χ0n) is 10.2. The number of H-pyrrole nitrogens is 1. The summed E-state index contributed by atoms with van der Waals surface area (Å²) in [5, 5.41) is 0.650. The van der Waals surface area contributed by atoms with Crippen LogP contribution in [0.4, 0.5) is 0 Å². The third-order valence-corrected chi connectivity index (χ3v) is 6.29. The van der Waals surface area contributed by atoms with Crippen molar-refractivity contribution < 1.29 is 0 Å². The molecule has 2 aromatic rings. The largest absolute Gasteiger partial charge is 0.329 e. The summed E-state index contributed by atoms with van der Waals surface area (Å²) in [7, 11) is 0. The SMILES string of the molecule is Cc1ccnc2c1[nH]c(=S)n2CC1CSCCS1. The zero-order chi connectivity index (χ0) is 12.5. The van der Waals surface area contributed by atoms with E-state index in [9.17, 15) is 0 Å². The second-order valence-corrected chi connectivity index (χ2v) is 7.38. The van der Waals surface area contributed by atoms with Crippen molar-refractivity contribution >= 4 is 46.9 Å². The van der Waals surface area contributed by atoms with E-state index in [0.717, 1.165) is 22.5 Å². The van der Waals surface area contributed by atoms with Gasteiger partial charge in [-0.25, -0.2) is 4.98 Å². The van der Waals surface area contributed by atoms with Gasteiger partial charge in [-0.15, -0.1) is 0 Å². The Labute approximate surface area is 120 Å². The van der Waals surface area contributed by atoms with E-state index in [2.05, 4.69) is 33.2 Å². The lowest BCUT2D eigenvalue weighted by atomic mass is 10.3. The first kappa shape index (κ1) is 12.6. The summed E-state index contributed by atoms with van der Waals surface area (Å²) in [5.74, 6) is 3.74. The van der Waals surface area contributed by atoms with Crippen LogP contribution in [0, 0.1) is 11.7 Å². The Bertz CT molecular complexity index is 611. The predicted molar refractivity (Wildman–Crippen MR) is 83.2 cm³/mol. The number of aryl methyl sites for hydroxylation is 1. The lowest BCUT2D eigenvalue weighted by Gasteiger charge is -2.21. The number of nitrogens with zero attached hydrogens (tertiary/aromatic N) is 2. The lowest BCUT2D eigenvalue weighted by Crippen LogP contribution is -2.20. The van der Waals surface area contributed by atoms with E-state index in [0.29, 0.717) is 5.25 Å². The van der Waals surface area contributed by atoms with Gasteiger partial charge in [-0.3, -0.25) is 0 Å². The summed E-state index contributed by atoms with van der Waals surface area (Å²) in [6, 6.07) is 2.02. The average Bonchev–Trinajstić information content (AvgIpc) is 2.70. The number of rotatable bonds is 2. The average molecular weight is 297 g/mol. The Morgan fingerprint density at radius 2 is 2.44 bits per heavy atom.